The Morgan fingerprint density at radius 2 is 2.00 bits per heavy atom. The van der Waals surface area contributed by atoms with Gasteiger partial charge in [0.2, 0.25) is 0 Å². The third kappa shape index (κ3) is 6.23. The zero-order chi connectivity index (χ0) is 15.0. The molecule has 0 aromatic carbocycles. The largest absolute Gasteiger partial charge is 0.481 e. The Labute approximate surface area is 120 Å². The molecule has 2 amide bonds. The lowest BCUT2D eigenvalue weighted by molar-refractivity contribution is -0.137. The average Bonchev–Trinajstić information content (AvgIpc) is 2.45. The van der Waals surface area contributed by atoms with E-state index in [1.807, 2.05) is 14.0 Å². The molecule has 0 radical (unpaired) electrons. The summed E-state index contributed by atoms with van der Waals surface area (Å²) in [5.41, 5.74) is 0. The van der Waals surface area contributed by atoms with Gasteiger partial charge in [-0.25, -0.2) is 4.79 Å². The van der Waals surface area contributed by atoms with E-state index in [4.69, 9.17) is 9.84 Å². The summed E-state index contributed by atoms with van der Waals surface area (Å²) in [6.07, 6.45) is 3.43. The molecule has 2 N–H and O–H groups in total. The molecule has 1 rings (SSSR count). The molecule has 1 fully saturated rings. The minimum atomic E-state index is -0.764. The fourth-order valence-corrected chi connectivity index (χ4v) is 2.30. The smallest absolute Gasteiger partial charge is 0.317 e. The number of hydrogen-bond donors (Lipinski definition) is 2. The number of carboxylic acid groups (broad SMARTS) is 1. The molecule has 1 heterocycles. The maximum absolute atomic E-state index is 12.0. The van der Waals surface area contributed by atoms with Gasteiger partial charge in [0, 0.05) is 39.3 Å². The third-order valence-corrected chi connectivity index (χ3v) is 3.82. The average molecular weight is 286 g/mol. The number of carboxylic acids is 1. The molecule has 0 spiro atoms. The number of hydrogen-bond acceptors (Lipinski definition) is 3. The van der Waals surface area contributed by atoms with E-state index in [2.05, 4.69) is 5.32 Å². The number of carbonyl (C=O) groups is 2. The molecule has 0 aliphatic carbocycles. The summed E-state index contributed by atoms with van der Waals surface area (Å²) >= 11 is 0. The van der Waals surface area contributed by atoms with Crippen molar-refractivity contribution in [3.63, 3.8) is 0 Å². The van der Waals surface area contributed by atoms with Gasteiger partial charge in [0.25, 0.3) is 0 Å². The molecule has 1 unspecified atom stereocenters. The Morgan fingerprint density at radius 1 is 1.35 bits per heavy atom. The van der Waals surface area contributed by atoms with E-state index in [-0.39, 0.29) is 18.5 Å². The van der Waals surface area contributed by atoms with Crippen LogP contribution in [0.3, 0.4) is 0 Å². The van der Waals surface area contributed by atoms with Crippen LogP contribution in [0.5, 0.6) is 0 Å². The van der Waals surface area contributed by atoms with Crippen molar-refractivity contribution in [3.05, 3.63) is 0 Å². The van der Waals surface area contributed by atoms with E-state index in [1.54, 1.807) is 4.90 Å². The number of aliphatic carboxylic acids is 1. The first-order valence-electron chi connectivity index (χ1n) is 7.31. The minimum Gasteiger partial charge on any atom is -0.481 e. The second-order valence-corrected chi connectivity index (χ2v) is 5.51. The van der Waals surface area contributed by atoms with Gasteiger partial charge >= 0.3 is 12.0 Å². The highest BCUT2D eigenvalue weighted by atomic mass is 16.5. The summed E-state index contributed by atoms with van der Waals surface area (Å²) in [5, 5.41) is 11.5. The van der Waals surface area contributed by atoms with Gasteiger partial charge in [-0.2, -0.15) is 0 Å². The predicted molar refractivity (Wildman–Crippen MR) is 75.7 cm³/mol. The molecule has 0 aromatic rings. The van der Waals surface area contributed by atoms with Gasteiger partial charge < -0.3 is 20.1 Å². The zero-order valence-electron chi connectivity index (χ0n) is 12.4. The summed E-state index contributed by atoms with van der Waals surface area (Å²) in [5.74, 6) is -0.458. The lowest BCUT2D eigenvalue weighted by Crippen LogP contribution is -2.46. The van der Waals surface area contributed by atoms with E-state index in [0.717, 1.165) is 19.3 Å². The summed E-state index contributed by atoms with van der Waals surface area (Å²) < 4.78 is 5.28. The van der Waals surface area contributed by atoms with Crippen molar-refractivity contribution in [2.24, 2.45) is 5.92 Å². The van der Waals surface area contributed by atoms with Crippen LogP contribution >= 0.6 is 0 Å². The van der Waals surface area contributed by atoms with Crippen molar-refractivity contribution in [2.75, 3.05) is 26.8 Å². The molecule has 116 valence electrons. The molecule has 1 aliphatic heterocycles. The van der Waals surface area contributed by atoms with Crippen LogP contribution in [0.1, 0.15) is 39.0 Å². The molecule has 1 saturated heterocycles. The standard InChI is InChI=1S/C14H26N2O4/c1-11(3-4-13(17)18)5-8-15-14(19)16(2)12-6-9-20-10-7-12/h11-12H,3-10H2,1-2H3,(H,15,19)(H,17,18). The first-order chi connectivity index (χ1) is 9.50. The van der Waals surface area contributed by atoms with E-state index in [1.165, 1.54) is 0 Å². The molecule has 0 bridgehead atoms. The molecular formula is C14H26N2O4. The van der Waals surface area contributed by atoms with Crippen molar-refractivity contribution in [1.29, 1.82) is 0 Å². The number of nitrogens with one attached hydrogen (secondary N) is 1. The highest BCUT2D eigenvalue weighted by Crippen LogP contribution is 2.13. The fourth-order valence-electron chi connectivity index (χ4n) is 2.30. The number of rotatable bonds is 7. The Balaban J connectivity index is 2.16. The monoisotopic (exact) mass is 286 g/mol. The Morgan fingerprint density at radius 3 is 2.60 bits per heavy atom. The molecule has 1 aliphatic rings. The maximum atomic E-state index is 12.0. The van der Waals surface area contributed by atoms with E-state index in [0.29, 0.717) is 32.1 Å². The molecule has 1 atom stereocenters. The van der Waals surface area contributed by atoms with Crippen LogP contribution in [0, 0.1) is 5.92 Å². The second kappa shape index (κ2) is 8.79. The van der Waals surface area contributed by atoms with Crippen LogP contribution in [0.15, 0.2) is 0 Å². The van der Waals surface area contributed by atoms with Crippen LogP contribution < -0.4 is 5.32 Å². The predicted octanol–water partition coefficient (Wildman–Crippen LogP) is 1.70. The summed E-state index contributed by atoms with van der Waals surface area (Å²) in [4.78, 5) is 24.2. The number of nitrogens with zero attached hydrogens (tertiary/aromatic N) is 1. The molecule has 0 saturated carbocycles. The van der Waals surface area contributed by atoms with Gasteiger partial charge in [-0.3, -0.25) is 4.79 Å². The molecule has 0 aromatic heterocycles. The van der Waals surface area contributed by atoms with Crippen LogP contribution in [-0.4, -0.2) is 54.9 Å². The zero-order valence-corrected chi connectivity index (χ0v) is 12.4. The van der Waals surface area contributed by atoms with Gasteiger partial charge in [-0.15, -0.1) is 0 Å². The Hall–Kier alpha value is -1.30. The van der Waals surface area contributed by atoms with Crippen LogP contribution in [0.2, 0.25) is 0 Å². The van der Waals surface area contributed by atoms with E-state index < -0.39 is 5.97 Å². The van der Waals surface area contributed by atoms with Crippen LogP contribution in [0.4, 0.5) is 4.79 Å². The first-order valence-corrected chi connectivity index (χ1v) is 7.31. The molecule has 6 nitrogen and oxygen atoms in total. The quantitative estimate of drug-likeness (QED) is 0.746. The van der Waals surface area contributed by atoms with Gasteiger partial charge in [-0.1, -0.05) is 6.92 Å². The Bertz CT molecular complexity index is 316. The summed E-state index contributed by atoms with van der Waals surface area (Å²) in [7, 11) is 1.82. The van der Waals surface area contributed by atoms with Gasteiger partial charge in [0.15, 0.2) is 0 Å². The fraction of sp³-hybridized carbons (Fsp3) is 0.857. The molecule has 6 heteroatoms. The topological polar surface area (TPSA) is 78.9 Å². The number of amides is 2. The highest BCUT2D eigenvalue weighted by molar-refractivity contribution is 5.74. The van der Waals surface area contributed by atoms with E-state index in [9.17, 15) is 9.59 Å². The highest BCUT2D eigenvalue weighted by Gasteiger charge is 2.22. The number of ether oxygens (including phenoxy) is 1. The maximum Gasteiger partial charge on any atom is 0.317 e. The summed E-state index contributed by atoms with van der Waals surface area (Å²) in [6.45, 7) is 4.04. The van der Waals surface area contributed by atoms with Crippen molar-refractivity contribution < 1.29 is 19.4 Å². The first kappa shape index (κ1) is 16.8. The normalized spacial score (nSPS) is 17.5. The second-order valence-electron chi connectivity index (χ2n) is 5.51. The van der Waals surface area contributed by atoms with E-state index >= 15 is 0 Å². The van der Waals surface area contributed by atoms with Gasteiger partial charge in [-0.05, 0) is 31.6 Å². The van der Waals surface area contributed by atoms with Crippen molar-refractivity contribution in [1.82, 2.24) is 10.2 Å². The number of urea groups is 1. The van der Waals surface area contributed by atoms with Crippen molar-refractivity contribution in [3.8, 4) is 0 Å². The SMILES string of the molecule is CC(CCNC(=O)N(C)C1CCOCC1)CCC(=O)O. The molecular weight excluding hydrogens is 260 g/mol. The van der Waals surface area contributed by atoms with Crippen molar-refractivity contribution >= 4 is 12.0 Å². The lowest BCUT2D eigenvalue weighted by atomic mass is 10.0. The lowest BCUT2D eigenvalue weighted by Gasteiger charge is -2.31. The molecule has 20 heavy (non-hydrogen) atoms. The van der Waals surface area contributed by atoms with Crippen LogP contribution in [-0.2, 0) is 9.53 Å². The summed E-state index contributed by atoms with van der Waals surface area (Å²) in [6, 6.07) is 0.204. The minimum absolute atomic E-state index is 0.0534. The van der Waals surface area contributed by atoms with Crippen LogP contribution in [0.25, 0.3) is 0 Å². The van der Waals surface area contributed by atoms with Gasteiger partial charge in [0.05, 0.1) is 0 Å². The Kier molecular flexibility index (Phi) is 7.36. The van der Waals surface area contributed by atoms with Gasteiger partial charge in [0.1, 0.15) is 0 Å². The third-order valence-electron chi connectivity index (χ3n) is 3.82. The number of carbonyl (C=O) groups excluding carboxylic acids is 1. The van der Waals surface area contributed by atoms with Crippen molar-refractivity contribution in [2.45, 2.75) is 45.1 Å².